The topological polar surface area (TPSA) is 178 Å². The molecule has 0 radical (unpaired) electrons. The monoisotopic (exact) mass is 470 g/mol. The lowest BCUT2D eigenvalue weighted by atomic mass is 9.82. The third-order valence-corrected chi connectivity index (χ3v) is 6.88. The second-order valence-corrected chi connectivity index (χ2v) is 9.38. The maximum atomic E-state index is 13.2. The fourth-order valence-electron chi connectivity index (χ4n) is 3.49. The highest BCUT2D eigenvalue weighted by atomic mass is 32.2. The molecule has 0 aliphatic heterocycles. The summed E-state index contributed by atoms with van der Waals surface area (Å²) in [7, 11) is -4.54. The molecule has 0 saturated carbocycles. The Hall–Kier alpha value is -3.67. The molecule has 0 atom stereocenters. The molecule has 9 nitrogen and oxygen atoms in total. The van der Waals surface area contributed by atoms with Gasteiger partial charge < -0.3 is 16.6 Å². The molecule has 0 saturated heterocycles. The van der Waals surface area contributed by atoms with Crippen LogP contribution in [0.2, 0.25) is 0 Å². The van der Waals surface area contributed by atoms with E-state index in [4.69, 9.17) is 11.5 Å². The highest BCUT2D eigenvalue weighted by Crippen LogP contribution is 2.42. The summed E-state index contributed by atoms with van der Waals surface area (Å²) in [6.45, 7) is 0. The highest BCUT2D eigenvalue weighted by Gasteiger charge is 2.35. The van der Waals surface area contributed by atoms with Crippen LogP contribution in [0.1, 0.15) is 42.2 Å². The summed E-state index contributed by atoms with van der Waals surface area (Å²) in [5.41, 5.74) is 10.9. The third kappa shape index (κ3) is 3.42. The Bertz CT molecular complexity index is 1460. The molecule has 4 rings (SSSR count). The molecule has 0 aromatic heterocycles. The highest BCUT2D eigenvalue weighted by molar-refractivity contribution is 7.99. The van der Waals surface area contributed by atoms with Crippen molar-refractivity contribution in [3.05, 3.63) is 76.3 Å². The van der Waals surface area contributed by atoms with Gasteiger partial charge >= 0.3 is 5.97 Å². The molecule has 0 unspecified atom stereocenters. The van der Waals surface area contributed by atoms with E-state index in [2.05, 4.69) is 0 Å². The first-order valence-corrected chi connectivity index (χ1v) is 11.2. The van der Waals surface area contributed by atoms with Crippen LogP contribution in [0.4, 0.5) is 11.4 Å². The molecule has 162 valence electrons. The zero-order valence-electron chi connectivity index (χ0n) is 16.0. The second kappa shape index (κ2) is 7.48. The zero-order valence-corrected chi connectivity index (χ0v) is 17.7. The Labute approximate surface area is 185 Å². The summed E-state index contributed by atoms with van der Waals surface area (Å²) in [6, 6.07) is 11.0. The number of ketones is 2. The van der Waals surface area contributed by atoms with E-state index >= 15 is 0 Å². The van der Waals surface area contributed by atoms with Crippen LogP contribution >= 0.6 is 11.8 Å². The van der Waals surface area contributed by atoms with E-state index < -0.39 is 32.5 Å². The van der Waals surface area contributed by atoms with Gasteiger partial charge in [-0.25, -0.2) is 4.79 Å². The molecule has 0 amide bonds. The van der Waals surface area contributed by atoms with Crippen LogP contribution in [0.5, 0.6) is 0 Å². The molecule has 6 N–H and O–H groups in total. The van der Waals surface area contributed by atoms with Gasteiger partial charge in [0.05, 0.1) is 22.5 Å². The number of carbonyl (C=O) groups is 3. The van der Waals surface area contributed by atoms with Crippen LogP contribution in [-0.4, -0.2) is 35.6 Å². The van der Waals surface area contributed by atoms with E-state index in [0.717, 1.165) is 17.8 Å². The van der Waals surface area contributed by atoms with Crippen molar-refractivity contribution in [1.29, 1.82) is 0 Å². The van der Waals surface area contributed by atoms with Crippen molar-refractivity contribution in [2.24, 2.45) is 0 Å². The summed E-state index contributed by atoms with van der Waals surface area (Å²) >= 11 is 0.908. The van der Waals surface area contributed by atoms with E-state index in [1.54, 1.807) is 12.1 Å². The Morgan fingerprint density at radius 3 is 2.03 bits per heavy atom. The quantitative estimate of drug-likeness (QED) is 0.256. The number of aromatic carboxylic acids is 1. The Kier molecular flexibility index (Phi) is 5.04. The minimum atomic E-state index is -4.54. The van der Waals surface area contributed by atoms with Gasteiger partial charge in [0.25, 0.3) is 10.1 Å². The average molecular weight is 470 g/mol. The largest absolute Gasteiger partial charge is 0.478 e. The number of nitrogen functional groups attached to an aromatic ring is 2. The van der Waals surface area contributed by atoms with Gasteiger partial charge in [0.1, 0.15) is 4.90 Å². The smallest absolute Gasteiger partial charge is 0.337 e. The summed E-state index contributed by atoms with van der Waals surface area (Å²) in [5.74, 6) is -2.45. The van der Waals surface area contributed by atoms with Crippen LogP contribution in [0.25, 0.3) is 0 Å². The van der Waals surface area contributed by atoms with Gasteiger partial charge in [-0.1, -0.05) is 36.0 Å². The first-order chi connectivity index (χ1) is 15.0. The first kappa shape index (κ1) is 21.6. The molecule has 32 heavy (non-hydrogen) atoms. The molecule has 3 aromatic carbocycles. The number of nitrogens with two attached hydrogens (primary N) is 2. The molecule has 1 aliphatic rings. The number of carboxylic acid groups (broad SMARTS) is 1. The Morgan fingerprint density at radius 2 is 1.50 bits per heavy atom. The average Bonchev–Trinajstić information content (AvgIpc) is 2.71. The number of anilines is 2. The van der Waals surface area contributed by atoms with E-state index in [-0.39, 0.29) is 44.1 Å². The maximum absolute atomic E-state index is 13.2. The van der Waals surface area contributed by atoms with Gasteiger partial charge in [-0.15, -0.1) is 0 Å². The molecule has 3 aromatic rings. The number of hydrogen-bond acceptors (Lipinski definition) is 8. The van der Waals surface area contributed by atoms with Crippen molar-refractivity contribution >= 4 is 50.8 Å². The van der Waals surface area contributed by atoms with Crippen molar-refractivity contribution in [3.8, 4) is 0 Å². The van der Waals surface area contributed by atoms with Crippen LogP contribution in [0, 0.1) is 0 Å². The van der Waals surface area contributed by atoms with Crippen molar-refractivity contribution < 1.29 is 32.5 Å². The maximum Gasteiger partial charge on any atom is 0.337 e. The van der Waals surface area contributed by atoms with Gasteiger partial charge in [0, 0.05) is 26.5 Å². The number of carboxylic acids is 1. The molecule has 0 bridgehead atoms. The summed E-state index contributed by atoms with van der Waals surface area (Å²) in [4.78, 5) is 38.1. The fourth-order valence-corrected chi connectivity index (χ4v) is 5.14. The number of hydrogen-bond donors (Lipinski definition) is 4. The Balaban J connectivity index is 1.93. The second-order valence-electron chi connectivity index (χ2n) is 6.87. The lowest BCUT2D eigenvalue weighted by Gasteiger charge is -2.22. The normalized spacial score (nSPS) is 12.9. The molecular formula is C21H14N2O7S2. The number of rotatable bonds is 4. The lowest BCUT2D eigenvalue weighted by molar-refractivity contribution is 0.0697. The van der Waals surface area contributed by atoms with Gasteiger partial charge in [0.2, 0.25) is 0 Å². The van der Waals surface area contributed by atoms with E-state index in [9.17, 15) is 32.5 Å². The zero-order chi connectivity index (χ0) is 23.4. The van der Waals surface area contributed by atoms with E-state index in [1.165, 1.54) is 30.3 Å². The van der Waals surface area contributed by atoms with Crippen molar-refractivity contribution in [3.63, 3.8) is 0 Å². The van der Waals surface area contributed by atoms with Crippen molar-refractivity contribution in [2.75, 3.05) is 11.5 Å². The third-order valence-electron chi connectivity index (χ3n) is 4.92. The summed E-state index contributed by atoms with van der Waals surface area (Å²) < 4.78 is 32.0. The SMILES string of the molecule is Nc1cc(Sc2cc(C(=O)O)c(N)c3c2C(=O)c2ccccc2C3=O)ccc1S(=O)(=O)O. The molecule has 11 heteroatoms. The van der Waals surface area contributed by atoms with E-state index in [0.29, 0.717) is 4.90 Å². The lowest BCUT2D eigenvalue weighted by Crippen LogP contribution is -2.24. The van der Waals surface area contributed by atoms with Gasteiger partial charge in [-0.05, 0) is 24.3 Å². The number of benzene rings is 3. The molecule has 0 fully saturated rings. The van der Waals surface area contributed by atoms with Crippen molar-refractivity contribution in [1.82, 2.24) is 0 Å². The molecule has 0 spiro atoms. The predicted octanol–water partition coefficient (Wildman–Crippen LogP) is 2.72. The number of fused-ring (bicyclic) bond motifs is 2. The number of carbonyl (C=O) groups excluding carboxylic acids is 2. The summed E-state index contributed by atoms with van der Waals surface area (Å²) in [6.07, 6.45) is 0. The predicted molar refractivity (Wildman–Crippen MR) is 116 cm³/mol. The minimum absolute atomic E-state index is 0.0429. The van der Waals surface area contributed by atoms with E-state index in [1.807, 2.05) is 0 Å². The minimum Gasteiger partial charge on any atom is -0.478 e. The molecular weight excluding hydrogens is 456 g/mol. The fraction of sp³-hybridized carbons (Fsp3) is 0. The van der Waals surface area contributed by atoms with Crippen LogP contribution in [-0.2, 0) is 10.1 Å². The molecule has 0 heterocycles. The van der Waals surface area contributed by atoms with Crippen LogP contribution in [0.15, 0.2) is 63.2 Å². The van der Waals surface area contributed by atoms with Crippen LogP contribution < -0.4 is 11.5 Å². The summed E-state index contributed by atoms with van der Waals surface area (Å²) in [5, 5.41) is 9.58. The first-order valence-electron chi connectivity index (χ1n) is 8.93. The van der Waals surface area contributed by atoms with Crippen molar-refractivity contribution in [2.45, 2.75) is 14.7 Å². The molecule has 1 aliphatic carbocycles. The van der Waals surface area contributed by atoms with Gasteiger partial charge in [-0.3, -0.25) is 14.1 Å². The van der Waals surface area contributed by atoms with Gasteiger partial charge in [-0.2, -0.15) is 8.42 Å². The van der Waals surface area contributed by atoms with Crippen LogP contribution in [0.3, 0.4) is 0 Å². The standard InChI is InChI=1S/C21H14N2O7S2/c22-13-7-9(5-6-15(13)32(28,29)30)31-14-8-12(21(26)27)18(23)17-16(14)19(24)10-3-1-2-4-11(10)20(17)25/h1-8H,22-23H2,(H,26,27)(H,28,29,30). The van der Waals surface area contributed by atoms with Gasteiger partial charge in [0.15, 0.2) is 11.6 Å². The Morgan fingerprint density at radius 1 is 0.906 bits per heavy atom.